The molecule has 0 spiro atoms. The van der Waals surface area contributed by atoms with E-state index in [9.17, 15) is 0 Å². The average Bonchev–Trinajstić information content (AvgIpc) is 2.65. The van der Waals surface area contributed by atoms with Crippen LogP contribution >= 0.6 is 11.6 Å². The van der Waals surface area contributed by atoms with E-state index in [0.717, 1.165) is 28.6 Å². The summed E-state index contributed by atoms with van der Waals surface area (Å²) >= 11 is 6.26. The Balaban J connectivity index is 2.12. The highest BCUT2D eigenvalue weighted by Gasteiger charge is 2.11. The number of anilines is 1. The molecule has 0 aliphatic rings. The second-order valence-electron chi connectivity index (χ2n) is 4.38. The van der Waals surface area contributed by atoms with Crippen LogP contribution in [0.15, 0.2) is 24.3 Å². The number of nitrogens with zero attached hydrogens (tertiary/aromatic N) is 2. The predicted octanol–water partition coefficient (Wildman–Crippen LogP) is 3.79. The summed E-state index contributed by atoms with van der Waals surface area (Å²) in [5.41, 5.74) is 4.28. The van der Waals surface area contributed by atoms with Crippen molar-refractivity contribution in [1.82, 2.24) is 9.78 Å². The van der Waals surface area contributed by atoms with Crippen LogP contribution in [0.2, 0.25) is 5.02 Å². The molecule has 4 heteroatoms. The van der Waals surface area contributed by atoms with Crippen LogP contribution in [-0.2, 0) is 13.1 Å². The van der Waals surface area contributed by atoms with Crippen LogP contribution in [0.3, 0.4) is 0 Å². The number of aromatic nitrogens is 2. The molecule has 1 heterocycles. The van der Waals surface area contributed by atoms with Crippen LogP contribution in [0.4, 0.5) is 5.69 Å². The number of rotatable bonds is 4. The topological polar surface area (TPSA) is 29.9 Å². The van der Waals surface area contributed by atoms with Gasteiger partial charge in [0.2, 0.25) is 0 Å². The highest BCUT2D eigenvalue weighted by Crippen LogP contribution is 2.21. The van der Waals surface area contributed by atoms with Crippen molar-refractivity contribution in [3.8, 4) is 0 Å². The molecule has 0 saturated carbocycles. The summed E-state index contributed by atoms with van der Waals surface area (Å²) in [6.07, 6.45) is 0. The van der Waals surface area contributed by atoms with E-state index in [1.165, 1.54) is 5.56 Å². The Morgan fingerprint density at radius 3 is 2.50 bits per heavy atom. The van der Waals surface area contributed by atoms with Crippen LogP contribution in [0.1, 0.15) is 23.9 Å². The molecule has 1 N–H and O–H groups in total. The summed E-state index contributed by atoms with van der Waals surface area (Å²) in [7, 11) is 0. The van der Waals surface area contributed by atoms with E-state index in [-0.39, 0.29) is 0 Å². The summed E-state index contributed by atoms with van der Waals surface area (Å²) < 4.78 is 1.94. The van der Waals surface area contributed by atoms with Gasteiger partial charge in [-0.1, -0.05) is 29.3 Å². The van der Waals surface area contributed by atoms with Gasteiger partial charge in [0, 0.05) is 12.2 Å². The predicted molar refractivity (Wildman–Crippen MR) is 76.2 cm³/mol. The summed E-state index contributed by atoms with van der Waals surface area (Å²) in [4.78, 5) is 0. The molecular weight excluding hydrogens is 246 g/mol. The maximum Gasteiger partial charge on any atom is 0.0865 e. The van der Waals surface area contributed by atoms with Crippen LogP contribution in [0.5, 0.6) is 0 Å². The minimum atomic E-state index is 0.691. The standard InChI is InChI=1S/C14H18ClN3/c1-4-18-13(14(15)11(3)17-18)9-16-12-7-5-10(2)6-8-12/h5-8,16H,4,9H2,1-3H3. The minimum absolute atomic E-state index is 0.691. The van der Waals surface area contributed by atoms with Gasteiger partial charge in [0.25, 0.3) is 0 Å². The second-order valence-corrected chi connectivity index (χ2v) is 4.76. The van der Waals surface area contributed by atoms with Crippen molar-refractivity contribution in [3.05, 3.63) is 46.2 Å². The lowest BCUT2D eigenvalue weighted by Gasteiger charge is -2.09. The molecule has 0 atom stereocenters. The van der Waals surface area contributed by atoms with E-state index in [0.29, 0.717) is 6.54 Å². The monoisotopic (exact) mass is 263 g/mol. The fraction of sp³-hybridized carbons (Fsp3) is 0.357. The van der Waals surface area contributed by atoms with Gasteiger partial charge in [-0.15, -0.1) is 0 Å². The Hall–Kier alpha value is -1.48. The molecule has 0 radical (unpaired) electrons. The largest absolute Gasteiger partial charge is 0.379 e. The SMILES string of the molecule is CCn1nc(C)c(Cl)c1CNc1ccc(C)cc1. The van der Waals surface area contributed by atoms with Crippen LogP contribution in [-0.4, -0.2) is 9.78 Å². The molecule has 1 aromatic carbocycles. The van der Waals surface area contributed by atoms with Gasteiger partial charge in [0.05, 0.1) is 23.0 Å². The second kappa shape index (κ2) is 5.44. The Morgan fingerprint density at radius 1 is 1.22 bits per heavy atom. The third kappa shape index (κ3) is 2.67. The molecule has 3 nitrogen and oxygen atoms in total. The van der Waals surface area contributed by atoms with E-state index in [2.05, 4.69) is 48.5 Å². The molecule has 0 saturated heterocycles. The fourth-order valence-electron chi connectivity index (χ4n) is 1.90. The zero-order chi connectivity index (χ0) is 13.1. The van der Waals surface area contributed by atoms with Gasteiger partial charge in [-0.3, -0.25) is 4.68 Å². The highest BCUT2D eigenvalue weighted by atomic mass is 35.5. The van der Waals surface area contributed by atoms with E-state index in [4.69, 9.17) is 11.6 Å². The molecular formula is C14H18ClN3. The normalized spacial score (nSPS) is 10.7. The number of halogens is 1. The van der Waals surface area contributed by atoms with E-state index in [1.54, 1.807) is 0 Å². The van der Waals surface area contributed by atoms with Crippen molar-refractivity contribution in [1.29, 1.82) is 0 Å². The number of benzene rings is 1. The Labute approximate surface area is 113 Å². The lowest BCUT2D eigenvalue weighted by atomic mass is 10.2. The van der Waals surface area contributed by atoms with Crippen LogP contribution in [0.25, 0.3) is 0 Å². The van der Waals surface area contributed by atoms with E-state index in [1.807, 2.05) is 11.6 Å². The van der Waals surface area contributed by atoms with Gasteiger partial charge >= 0.3 is 0 Å². The first-order valence-corrected chi connectivity index (χ1v) is 6.52. The highest BCUT2D eigenvalue weighted by molar-refractivity contribution is 6.31. The lowest BCUT2D eigenvalue weighted by Crippen LogP contribution is -2.08. The zero-order valence-electron chi connectivity index (χ0n) is 11.0. The first kappa shape index (κ1) is 13.0. The molecule has 0 unspecified atom stereocenters. The smallest absolute Gasteiger partial charge is 0.0865 e. The van der Waals surface area contributed by atoms with Gasteiger partial charge in [-0.25, -0.2) is 0 Å². The fourth-order valence-corrected chi connectivity index (χ4v) is 2.10. The molecule has 0 bridgehead atoms. The number of nitrogens with one attached hydrogen (secondary N) is 1. The maximum absolute atomic E-state index is 6.26. The number of hydrogen-bond acceptors (Lipinski definition) is 2. The Bertz CT molecular complexity index is 529. The van der Waals surface area contributed by atoms with E-state index < -0.39 is 0 Å². The van der Waals surface area contributed by atoms with Gasteiger partial charge in [0.1, 0.15) is 0 Å². The van der Waals surface area contributed by atoms with Crippen molar-refractivity contribution >= 4 is 17.3 Å². The molecule has 1 aromatic heterocycles. The van der Waals surface area contributed by atoms with Crippen molar-refractivity contribution in [2.24, 2.45) is 0 Å². The third-order valence-corrected chi connectivity index (χ3v) is 3.46. The Morgan fingerprint density at radius 2 is 1.89 bits per heavy atom. The first-order chi connectivity index (χ1) is 8.61. The quantitative estimate of drug-likeness (QED) is 0.910. The van der Waals surface area contributed by atoms with E-state index >= 15 is 0 Å². The summed E-state index contributed by atoms with van der Waals surface area (Å²) in [6, 6.07) is 8.32. The Kier molecular flexibility index (Phi) is 3.92. The molecule has 2 rings (SSSR count). The van der Waals surface area contributed by atoms with Crippen LogP contribution < -0.4 is 5.32 Å². The van der Waals surface area contributed by atoms with Crippen molar-refractivity contribution in [2.45, 2.75) is 33.9 Å². The van der Waals surface area contributed by atoms with Crippen molar-refractivity contribution in [3.63, 3.8) is 0 Å². The molecule has 96 valence electrons. The van der Waals surface area contributed by atoms with Gasteiger partial charge in [0.15, 0.2) is 0 Å². The average molecular weight is 264 g/mol. The van der Waals surface area contributed by atoms with Gasteiger partial charge in [-0.2, -0.15) is 5.10 Å². The van der Waals surface area contributed by atoms with Gasteiger partial charge in [-0.05, 0) is 32.9 Å². The molecule has 18 heavy (non-hydrogen) atoms. The lowest BCUT2D eigenvalue weighted by molar-refractivity contribution is 0.623. The van der Waals surface area contributed by atoms with Crippen molar-refractivity contribution < 1.29 is 0 Å². The summed E-state index contributed by atoms with van der Waals surface area (Å²) in [6.45, 7) is 7.60. The molecule has 0 amide bonds. The maximum atomic E-state index is 6.26. The molecule has 0 fully saturated rings. The summed E-state index contributed by atoms with van der Waals surface area (Å²) in [5.74, 6) is 0. The number of aryl methyl sites for hydroxylation is 3. The van der Waals surface area contributed by atoms with Gasteiger partial charge < -0.3 is 5.32 Å². The molecule has 0 aliphatic heterocycles. The zero-order valence-corrected chi connectivity index (χ0v) is 11.8. The van der Waals surface area contributed by atoms with Crippen molar-refractivity contribution in [2.75, 3.05) is 5.32 Å². The molecule has 2 aromatic rings. The third-order valence-electron chi connectivity index (χ3n) is 2.96. The summed E-state index contributed by atoms with van der Waals surface area (Å²) in [5, 5.41) is 8.53. The molecule has 0 aliphatic carbocycles. The number of hydrogen-bond donors (Lipinski definition) is 1. The minimum Gasteiger partial charge on any atom is -0.379 e. The van der Waals surface area contributed by atoms with Crippen LogP contribution in [0, 0.1) is 13.8 Å². The first-order valence-electron chi connectivity index (χ1n) is 6.14.